The van der Waals surface area contributed by atoms with Crippen LogP contribution in [-0.4, -0.2) is 32.9 Å². The van der Waals surface area contributed by atoms with Crippen molar-refractivity contribution < 1.29 is 14.3 Å². The third-order valence-electron chi connectivity index (χ3n) is 5.29. The number of rotatable bonds is 5. The van der Waals surface area contributed by atoms with Crippen LogP contribution in [0.25, 0.3) is 5.69 Å². The average molecular weight is 410 g/mol. The molecule has 0 bridgehead atoms. The molecule has 0 atom stereocenters. The first-order chi connectivity index (χ1) is 13.8. The second kappa shape index (κ2) is 7.55. The van der Waals surface area contributed by atoms with E-state index in [0.717, 1.165) is 45.5 Å². The van der Waals surface area contributed by atoms with Gasteiger partial charge in [0.05, 0.1) is 5.75 Å². The van der Waals surface area contributed by atoms with E-state index in [1.54, 1.807) is 0 Å². The zero-order valence-electron chi connectivity index (χ0n) is 17.2. The number of ether oxygens (including phenoxy) is 2. The molecule has 0 radical (unpaired) electrons. The van der Waals surface area contributed by atoms with Gasteiger partial charge in [-0.25, -0.2) is 9.97 Å². The van der Waals surface area contributed by atoms with Crippen molar-refractivity contribution in [2.75, 3.05) is 12.5 Å². The molecule has 0 saturated carbocycles. The Kier molecular flexibility index (Phi) is 5.08. The molecule has 0 saturated heterocycles. The van der Waals surface area contributed by atoms with Crippen LogP contribution in [0, 0.1) is 34.6 Å². The lowest BCUT2D eigenvalue weighted by atomic mass is 10.2. The van der Waals surface area contributed by atoms with Crippen LogP contribution in [0.4, 0.5) is 0 Å². The maximum atomic E-state index is 12.9. The highest BCUT2D eigenvalue weighted by Crippen LogP contribution is 2.35. The fraction of sp³-hybridized carbons (Fsp3) is 0.318. The molecule has 1 aliphatic heterocycles. The van der Waals surface area contributed by atoms with Crippen molar-refractivity contribution in [3.63, 3.8) is 0 Å². The Bertz CT molecular complexity index is 1100. The predicted molar refractivity (Wildman–Crippen MR) is 113 cm³/mol. The zero-order chi connectivity index (χ0) is 20.7. The van der Waals surface area contributed by atoms with E-state index in [9.17, 15) is 4.79 Å². The molecule has 0 amide bonds. The van der Waals surface area contributed by atoms with Crippen molar-refractivity contribution >= 4 is 17.5 Å². The fourth-order valence-electron chi connectivity index (χ4n) is 3.48. The zero-order valence-corrected chi connectivity index (χ0v) is 18.0. The van der Waals surface area contributed by atoms with Crippen molar-refractivity contribution in [2.24, 2.45) is 0 Å². The minimum atomic E-state index is 0.0644. The third kappa shape index (κ3) is 3.62. The Balaban J connectivity index is 1.56. The summed E-state index contributed by atoms with van der Waals surface area (Å²) in [6, 6.07) is 7.75. The SMILES string of the molecule is Cc1nc(SCC(=O)c2cc(C)n(-c3ccc4c(c3)OCO4)c2C)nc(C)c1C. The first kappa shape index (κ1) is 19.5. The number of carbonyl (C=O) groups excluding carboxylic acids is 1. The highest BCUT2D eigenvalue weighted by Gasteiger charge is 2.20. The molecule has 4 rings (SSSR count). The standard InChI is InChI=1S/C22H23N3O3S/c1-12-8-18(19(26)10-29-22-23-14(3)13(2)15(4)24-22)16(5)25(12)17-6-7-20-21(9-17)28-11-27-20/h6-9H,10-11H2,1-5H3. The van der Waals surface area contributed by atoms with Gasteiger partial charge in [-0.05, 0) is 58.4 Å². The number of thioether (sulfide) groups is 1. The fourth-order valence-corrected chi connectivity index (χ4v) is 4.30. The highest BCUT2D eigenvalue weighted by molar-refractivity contribution is 7.99. The number of carbonyl (C=O) groups is 1. The molecular weight excluding hydrogens is 386 g/mol. The van der Waals surface area contributed by atoms with E-state index < -0.39 is 0 Å². The molecule has 3 heterocycles. The first-order valence-corrected chi connectivity index (χ1v) is 10.4. The maximum Gasteiger partial charge on any atom is 0.231 e. The van der Waals surface area contributed by atoms with Gasteiger partial charge in [0.1, 0.15) is 0 Å². The average Bonchev–Trinajstić information content (AvgIpc) is 3.27. The lowest BCUT2D eigenvalue weighted by Crippen LogP contribution is -2.07. The van der Waals surface area contributed by atoms with Crippen molar-refractivity contribution in [3.8, 4) is 17.2 Å². The minimum Gasteiger partial charge on any atom is -0.454 e. The predicted octanol–water partition coefficient (Wildman–Crippen LogP) is 4.51. The van der Waals surface area contributed by atoms with Gasteiger partial charge in [0, 0.05) is 40.1 Å². The first-order valence-electron chi connectivity index (χ1n) is 9.42. The second-order valence-corrected chi connectivity index (χ2v) is 8.11. The number of hydrogen-bond acceptors (Lipinski definition) is 6. The van der Waals surface area contributed by atoms with E-state index >= 15 is 0 Å². The number of fused-ring (bicyclic) bond motifs is 1. The van der Waals surface area contributed by atoms with E-state index in [0.29, 0.717) is 16.5 Å². The molecule has 7 heteroatoms. The summed E-state index contributed by atoms with van der Waals surface area (Å²) in [4.78, 5) is 21.9. The van der Waals surface area contributed by atoms with Crippen LogP contribution in [0.1, 0.15) is 38.7 Å². The quantitative estimate of drug-likeness (QED) is 0.351. The topological polar surface area (TPSA) is 66.2 Å². The van der Waals surface area contributed by atoms with Crippen molar-refractivity contribution in [2.45, 2.75) is 39.8 Å². The number of benzene rings is 1. The molecule has 29 heavy (non-hydrogen) atoms. The van der Waals surface area contributed by atoms with Crippen LogP contribution in [-0.2, 0) is 0 Å². The summed E-state index contributed by atoms with van der Waals surface area (Å²) < 4.78 is 12.9. The van der Waals surface area contributed by atoms with Gasteiger partial charge in [0.15, 0.2) is 22.4 Å². The van der Waals surface area contributed by atoms with E-state index in [4.69, 9.17) is 9.47 Å². The van der Waals surface area contributed by atoms with Gasteiger partial charge in [-0.2, -0.15) is 0 Å². The van der Waals surface area contributed by atoms with Crippen LogP contribution >= 0.6 is 11.8 Å². The molecule has 1 aliphatic rings. The summed E-state index contributed by atoms with van der Waals surface area (Å²) in [5.74, 6) is 1.83. The van der Waals surface area contributed by atoms with Crippen LogP contribution in [0.15, 0.2) is 29.4 Å². The largest absolute Gasteiger partial charge is 0.454 e. The number of aromatic nitrogens is 3. The Labute approximate surface area is 174 Å². The number of hydrogen-bond donors (Lipinski definition) is 0. The van der Waals surface area contributed by atoms with Crippen LogP contribution in [0.2, 0.25) is 0 Å². The molecule has 0 unspecified atom stereocenters. The summed E-state index contributed by atoms with van der Waals surface area (Å²) in [6.45, 7) is 10.1. The summed E-state index contributed by atoms with van der Waals surface area (Å²) in [5, 5.41) is 0.642. The van der Waals surface area contributed by atoms with E-state index in [1.807, 2.05) is 58.9 Å². The summed E-state index contributed by atoms with van der Waals surface area (Å²) in [6.07, 6.45) is 0. The summed E-state index contributed by atoms with van der Waals surface area (Å²) in [5.41, 5.74) is 6.56. The van der Waals surface area contributed by atoms with Crippen LogP contribution in [0.5, 0.6) is 11.5 Å². The molecule has 2 aromatic heterocycles. The number of Topliss-reactive ketones (excluding diaryl/α,β-unsaturated/α-hetero) is 1. The smallest absolute Gasteiger partial charge is 0.231 e. The van der Waals surface area contributed by atoms with Gasteiger partial charge < -0.3 is 14.0 Å². The Morgan fingerprint density at radius 1 is 1.03 bits per heavy atom. The number of aryl methyl sites for hydroxylation is 3. The van der Waals surface area contributed by atoms with E-state index in [2.05, 4.69) is 14.5 Å². The number of nitrogens with zero attached hydrogens (tertiary/aromatic N) is 3. The van der Waals surface area contributed by atoms with Crippen molar-refractivity contribution in [1.82, 2.24) is 14.5 Å². The van der Waals surface area contributed by atoms with Gasteiger partial charge in [-0.3, -0.25) is 4.79 Å². The molecule has 0 aliphatic carbocycles. The molecular formula is C22H23N3O3S. The van der Waals surface area contributed by atoms with Gasteiger partial charge >= 0.3 is 0 Å². The lowest BCUT2D eigenvalue weighted by molar-refractivity contribution is 0.102. The third-order valence-corrected chi connectivity index (χ3v) is 6.14. The molecule has 0 spiro atoms. The van der Waals surface area contributed by atoms with Gasteiger partial charge in [-0.1, -0.05) is 11.8 Å². The Morgan fingerprint density at radius 2 is 1.72 bits per heavy atom. The molecule has 3 aromatic rings. The van der Waals surface area contributed by atoms with Crippen molar-refractivity contribution in [1.29, 1.82) is 0 Å². The Hall–Kier alpha value is -2.80. The lowest BCUT2D eigenvalue weighted by Gasteiger charge is -2.11. The van der Waals surface area contributed by atoms with Crippen LogP contribution < -0.4 is 9.47 Å². The summed E-state index contributed by atoms with van der Waals surface area (Å²) in [7, 11) is 0. The van der Waals surface area contributed by atoms with E-state index in [-0.39, 0.29) is 12.6 Å². The molecule has 0 fully saturated rings. The highest BCUT2D eigenvalue weighted by atomic mass is 32.2. The van der Waals surface area contributed by atoms with Crippen molar-refractivity contribution in [3.05, 3.63) is 58.2 Å². The summed E-state index contributed by atoms with van der Waals surface area (Å²) >= 11 is 1.38. The molecule has 0 N–H and O–H groups in total. The monoisotopic (exact) mass is 409 g/mol. The normalized spacial score (nSPS) is 12.4. The Morgan fingerprint density at radius 3 is 2.45 bits per heavy atom. The minimum absolute atomic E-state index is 0.0644. The van der Waals surface area contributed by atoms with E-state index in [1.165, 1.54) is 11.8 Å². The second-order valence-electron chi connectivity index (χ2n) is 7.17. The number of ketones is 1. The molecule has 150 valence electrons. The van der Waals surface area contributed by atoms with Gasteiger partial charge in [0.25, 0.3) is 0 Å². The molecule has 1 aromatic carbocycles. The molecule has 6 nitrogen and oxygen atoms in total. The van der Waals surface area contributed by atoms with Crippen LogP contribution in [0.3, 0.4) is 0 Å². The van der Waals surface area contributed by atoms with Gasteiger partial charge in [0.2, 0.25) is 6.79 Å². The van der Waals surface area contributed by atoms with Gasteiger partial charge in [-0.15, -0.1) is 0 Å². The maximum absolute atomic E-state index is 12.9.